The van der Waals surface area contributed by atoms with Crippen LogP contribution in [0.1, 0.15) is 6.92 Å². The van der Waals surface area contributed by atoms with E-state index in [9.17, 15) is 29.4 Å². The van der Waals surface area contributed by atoms with Crippen molar-refractivity contribution >= 4 is 24.1 Å². The quantitative estimate of drug-likeness (QED) is 0.190. The van der Waals surface area contributed by atoms with Crippen LogP contribution >= 0.6 is 0 Å². The van der Waals surface area contributed by atoms with Crippen LogP contribution in [-0.2, 0) is 19.1 Å². The molecule has 0 aliphatic rings. The molecule has 0 aliphatic heterocycles. The number of carbonyl (C=O) groups is 4. The Morgan fingerprint density at radius 3 is 1.68 bits per heavy atom. The second-order valence-electron chi connectivity index (χ2n) is 3.72. The summed E-state index contributed by atoms with van der Waals surface area (Å²) in [6, 6.07) is 0. The van der Waals surface area contributed by atoms with Crippen LogP contribution in [-0.4, -0.2) is 50.4 Å². The van der Waals surface area contributed by atoms with Crippen LogP contribution in [0.2, 0.25) is 0 Å². The fourth-order valence-corrected chi connectivity index (χ4v) is 0.784. The molecule has 0 heterocycles. The number of amides is 2. The molecule has 0 unspecified atom stereocenters. The van der Waals surface area contributed by atoms with Gasteiger partial charge in [-0.1, -0.05) is 13.2 Å². The predicted molar refractivity (Wildman–Crippen MR) is 73.7 cm³/mol. The Labute approximate surface area is 169 Å². The molecule has 0 rings (SSSR count). The number of hydrogen-bond acceptors (Lipinski definition) is 8. The van der Waals surface area contributed by atoms with Gasteiger partial charge in [-0.25, -0.2) is 9.59 Å². The SMILES string of the molecule is C=C(C)C(=O)OCCNC(=O)[O-].C=CC(=O)OCCNC(=O)[O-].[Li+].[Li+]. The van der Waals surface area contributed by atoms with Gasteiger partial charge in [-0.2, -0.15) is 0 Å². The van der Waals surface area contributed by atoms with Gasteiger partial charge >= 0.3 is 49.7 Å². The Bertz CT molecular complexity index is 457. The molecule has 0 aliphatic carbocycles. The third-order valence-electron chi connectivity index (χ3n) is 1.74. The molecule has 0 saturated heterocycles. The molecule has 0 atom stereocenters. The molecule has 0 fully saturated rings. The molecule has 0 bridgehead atoms. The maximum Gasteiger partial charge on any atom is 1.00 e. The molecular formula is C13H18Li2N2O8. The Kier molecular flexibility index (Phi) is 25.0. The maximum absolute atomic E-state index is 10.7. The first kappa shape index (κ1) is 31.0. The zero-order chi connectivity index (χ0) is 18.3. The minimum absolute atomic E-state index is 0. The summed E-state index contributed by atoms with van der Waals surface area (Å²) in [5.41, 5.74) is 0.281. The number of esters is 2. The zero-order valence-corrected chi connectivity index (χ0v) is 14.6. The number of carbonyl (C=O) groups excluding carboxylic acids is 4. The fraction of sp³-hybridized carbons (Fsp3) is 0.385. The summed E-state index contributed by atoms with van der Waals surface area (Å²) in [4.78, 5) is 40.5. The predicted octanol–water partition coefficient (Wildman–Crippen LogP) is -8.30. The van der Waals surface area contributed by atoms with E-state index in [0.717, 1.165) is 6.08 Å². The summed E-state index contributed by atoms with van der Waals surface area (Å²) in [6.07, 6.45) is -1.78. The molecule has 25 heavy (non-hydrogen) atoms. The van der Waals surface area contributed by atoms with Gasteiger partial charge in [0.1, 0.15) is 25.4 Å². The van der Waals surface area contributed by atoms with Gasteiger partial charge in [0.05, 0.1) is 13.1 Å². The number of carboxylic acid groups (broad SMARTS) is 2. The van der Waals surface area contributed by atoms with Gasteiger partial charge in [0, 0.05) is 11.6 Å². The second kappa shape index (κ2) is 20.2. The second-order valence-corrected chi connectivity index (χ2v) is 3.72. The van der Waals surface area contributed by atoms with Crippen LogP contribution in [0.5, 0.6) is 0 Å². The molecule has 0 radical (unpaired) electrons. The van der Waals surface area contributed by atoms with Crippen molar-refractivity contribution in [2.24, 2.45) is 0 Å². The summed E-state index contributed by atoms with van der Waals surface area (Å²) in [7, 11) is 0. The molecule has 2 amide bonds. The number of nitrogens with one attached hydrogen (secondary N) is 2. The van der Waals surface area contributed by atoms with E-state index in [4.69, 9.17) is 0 Å². The van der Waals surface area contributed by atoms with Crippen molar-refractivity contribution in [3.8, 4) is 0 Å². The first-order chi connectivity index (χ1) is 10.7. The van der Waals surface area contributed by atoms with Gasteiger partial charge in [-0.3, -0.25) is 0 Å². The van der Waals surface area contributed by atoms with Gasteiger partial charge < -0.3 is 39.9 Å². The average Bonchev–Trinajstić information content (AvgIpc) is 2.47. The van der Waals surface area contributed by atoms with E-state index in [2.05, 4.69) is 22.6 Å². The molecule has 0 spiro atoms. The van der Waals surface area contributed by atoms with Gasteiger partial charge in [0.2, 0.25) is 0 Å². The van der Waals surface area contributed by atoms with Crippen LogP contribution in [0, 0.1) is 0 Å². The van der Waals surface area contributed by atoms with Gasteiger partial charge in [0.25, 0.3) is 0 Å². The van der Waals surface area contributed by atoms with Crippen LogP contribution in [0.4, 0.5) is 9.59 Å². The minimum atomic E-state index is -1.39. The molecule has 0 aromatic heterocycles. The van der Waals surface area contributed by atoms with Crippen molar-refractivity contribution in [1.82, 2.24) is 10.6 Å². The number of ether oxygens (including phenoxy) is 2. The molecule has 130 valence electrons. The third kappa shape index (κ3) is 27.3. The van der Waals surface area contributed by atoms with Crippen molar-refractivity contribution in [1.29, 1.82) is 0 Å². The normalized spacial score (nSPS) is 7.88. The maximum atomic E-state index is 10.7. The van der Waals surface area contributed by atoms with E-state index < -0.39 is 24.1 Å². The zero-order valence-electron chi connectivity index (χ0n) is 14.6. The first-order valence-corrected chi connectivity index (χ1v) is 6.22. The van der Waals surface area contributed by atoms with Crippen LogP contribution in [0.3, 0.4) is 0 Å². The third-order valence-corrected chi connectivity index (χ3v) is 1.74. The standard InChI is InChI=1S/C7H11NO4.C6H9NO4.2Li/c1-5(2)6(9)12-4-3-8-7(10)11;1-2-5(8)11-4-3-7-6(9)10;;/h8H,1,3-4H2,2H3,(H,10,11);2,7H,1,3-4H2,(H,9,10);;/q;;2*+1/p-2. The van der Waals surface area contributed by atoms with Crippen molar-refractivity contribution in [2.45, 2.75) is 6.92 Å². The average molecular weight is 344 g/mol. The molecule has 0 aromatic carbocycles. The van der Waals surface area contributed by atoms with E-state index >= 15 is 0 Å². The Balaban J connectivity index is -0.000000164. The topological polar surface area (TPSA) is 157 Å². The van der Waals surface area contributed by atoms with Crippen LogP contribution in [0.15, 0.2) is 24.8 Å². The van der Waals surface area contributed by atoms with E-state index in [-0.39, 0.29) is 69.6 Å². The summed E-state index contributed by atoms with van der Waals surface area (Å²) in [6.45, 7) is 8.03. The summed E-state index contributed by atoms with van der Waals surface area (Å²) >= 11 is 0. The monoisotopic (exact) mass is 344 g/mol. The number of hydrogen-bond donors (Lipinski definition) is 2. The van der Waals surface area contributed by atoms with Crippen molar-refractivity contribution in [3.05, 3.63) is 24.8 Å². The minimum Gasteiger partial charge on any atom is -0.530 e. The van der Waals surface area contributed by atoms with Crippen molar-refractivity contribution in [2.75, 3.05) is 26.3 Å². The smallest absolute Gasteiger partial charge is 0.530 e. The number of rotatable bonds is 8. The van der Waals surface area contributed by atoms with Crippen LogP contribution in [0.25, 0.3) is 0 Å². The van der Waals surface area contributed by atoms with E-state index in [1.165, 1.54) is 6.92 Å². The molecule has 0 aromatic rings. The first-order valence-electron chi connectivity index (χ1n) is 6.22. The van der Waals surface area contributed by atoms with Crippen molar-refractivity contribution < 1.29 is 76.6 Å². The van der Waals surface area contributed by atoms with Crippen LogP contribution < -0.4 is 58.6 Å². The fourth-order valence-electron chi connectivity index (χ4n) is 0.784. The Morgan fingerprint density at radius 1 is 0.960 bits per heavy atom. The van der Waals surface area contributed by atoms with Crippen molar-refractivity contribution in [3.63, 3.8) is 0 Å². The van der Waals surface area contributed by atoms with E-state index in [0.29, 0.717) is 0 Å². The summed E-state index contributed by atoms with van der Waals surface area (Å²) in [5, 5.41) is 23.4. The molecular weight excluding hydrogens is 326 g/mol. The van der Waals surface area contributed by atoms with Gasteiger partial charge in [-0.05, 0) is 6.92 Å². The Hall–Kier alpha value is -1.85. The largest absolute Gasteiger partial charge is 1.00 e. The molecule has 10 nitrogen and oxygen atoms in total. The van der Waals surface area contributed by atoms with E-state index in [1.807, 2.05) is 10.6 Å². The molecule has 2 N–H and O–H groups in total. The summed E-state index contributed by atoms with van der Waals surface area (Å²) < 4.78 is 8.99. The molecule has 12 heteroatoms. The van der Waals surface area contributed by atoms with E-state index in [1.54, 1.807) is 0 Å². The van der Waals surface area contributed by atoms with Gasteiger partial charge in [0.15, 0.2) is 0 Å². The van der Waals surface area contributed by atoms with Gasteiger partial charge in [-0.15, -0.1) is 0 Å². The molecule has 0 saturated carbocycles. The Morgan fingerprint density at radius 2 is 1.36 bits per heavy atom. The summed E-state index contributed by atoms with van der Waals surface area (Å²) in [5.74, 6) is -1.11.